The second-order valence-corrected chi connectivity index (χ2v) is 4.56. The lowest BCUT2D eigenvalue weighted by molar-refractivity contribution is 0.284. The number of benzene rings is 1. The van der Waals surface area contributed by atoms with Gasteiger partial charge in [0.2, 0.25) is 0 Å². The molecule has 0 amide bonds. The van der Waals surface area contributed by atoms with Crippen LogP contribution in [0.4, 0.5) is 0 Å². The second kappa shape index (κ2) is 6.81. The van der Waals surface area contributed by atoms with Crippen LogP contribution >= 0.6 is 0 Å². The third-order valence-electron chi connectivity index (χ3n) is 3.20. The zero-order valence-electron chi connectivity index (χ0n) is 11.4. The van der Waals surface area contributed by atoms with Gasteiger partial charge in [0, 0.05) is 18.8 Å². The molecule has 0 saturated carbocycles. The number of aromatic nitrogens is 2. The Kier molecular flexibility index (Phi) is 4.81. The monoisotopic (exact) mass is 253 g/mol. The van der Waals surface area contributed by atoms with Crippen molar-refractivity contribution in [3.05, 3.63) is 66.3 Å². The van der Waals surface area contributed by atoms with Gasteiger partial charge < -0.3 is 0 Å². The maximum atomic E-state index is 4.29. The highest BCUT2D eigenvalue weighted by Gasteiger charge is 2.10. The Balaban J connectivity index is 1.91. The molecular formula is C16H19N3. The van der Waals surface area contributed by atoms with Crippen LogP contribution in [0.25, 0.3) is 6.08 Å². The third-order valence-corrected chi connectivity index (χ3v) is 3.20. The Bertz CT molecular complexity index is 508. The van der Waals surface area contributed by atoms with Crippen molar-refractivity contribution in [2.45, 2.75) is 13.0 Å². The van der Waals surface area contributed by atoms with Gasteiger partial charge in [-0.1, -0.05) is 42.5 Å². The first kappa shape index (κ1) is 13.4. The number of hydrogen-bond donors (Lipinski definition) is 0. The molecule has 98 valence electrons. The fraction of sp³-hybridized carbons (Fsp3) is 0.250. The highest BCUT2D eigenvalue weighted by atomic mass is 15.1. The van der Waals surface area contributed by atoms with E-state index < -0.39 is 0 Å². The molecule has 0 N–H and O–H groups in total. The SMILES string of the molecule is CC(c1ccncn1)N(C)C/C=C/c1ccccc1. The van der Waals surface area contributed by atoms with Gasteiger partial charge in [-0.3, -0.25) is 4.90 Å². The number of nitrogens with zero attached hydrogens (tertiary/aromatic N) is 3. The molecule has 0 spiro atoms. The minimum atomic E-state index is 0.281. The molecule has 19 heavy (non-hydrogen) atoms. The molecule has 2 aromatic rings. The van der Waals surface area contributed by atoms with Gasteiger partial charge in [0.05, 0.1) is 5.69 Å². The molecule has 1 aromatic heterocycles. The molecule has 0 fully saturated rings. The first-order valence-electron chi connectivity index (χ1n) is 6.45. The maximum Gasteiger partial charge on any atom is 0.115 e. The number of likely N-dealkylation sites (N-methyl/N-ethyl adjacent to an activating group) is 1. The van der Waals surface area contributed by atoms with E-state index in [0.717, 1.165) is 12.2 Å². The van der Waals surface area contributed by atoms with E-state index in [1.165, 1.54) is 5.56 Å². The molecule has 0 aliphatic carbocycles. The van der Waals surface area contributed by atoms with Crippen LogP contribution in [0.15, 0.2) is 55.0 Å². The van der Waals surface area contributed by atoms with Crippen LogP contribution in [0, 0.1) is 0 Å². The minimum Gasteiger partial charge on any atom is -0.294 e. The molecule has 1 unspecified atom stereocenters. The zero-order chi connectivity index (χ0) is 13.5. The summed E-state index contributed by atoms with van der Waals surface area (Å²) >= 11 is 0. The minimum absolute atomic E-state index is 0.281. The Morgan fingerprint density at radius 1 is 1.21 bits per heavy atom. The molecule has 1 heterocycles. The van der Waals surface area contributed by atoms with E-state index in [1.807, 2.05) is 24.3 Å². The van der Waals surface area contributed by atoms with E-state index in [2.05, 4.69) is 53.1 Å². The highest BCUT2D eigenvalue weighted by molar-refractivity contribution is 5.48. The van der Waals surface area contributed by atoms with E-state index >= 15 is 0 Å². The van der Waals surface area contributed by atoms with E-state index in [0.29, 0.717) is 0 Å². The fourth-order valence-corrected chi connectivity index (χ4v) is 1.85. The molecule has 1 aromatic carbocycles. The van der Waals surface area contributed by atoms with Crippen LogP contribution in [0.1, 0.15) is 24.2 Å². The van der Waals surface area contributed by atoms with Gasteiger partial charge in [0.15, 0.2) is 0 Å². The quantitative estimate of drug-likeness (QED) is 0.819. The molecule has 0 aliphatic heterocycles. The Morgan fingerprint density at radius 2 is 2.00 bits per heavy atom. The van der Waals surface area contributed by atoms with Crippen LogP contribution in [0.3, 0.4) is 0 Å². The topological polar surface area (TPSA) is 29.0 Å². The number of hydrogen-bond acceptors (Lipinski definition) is 3. The number of rotatable bonds is 5. The van der Waals surface area contributed by atoms with Gasteiger partial charge in [-0.05, 0) is 25.6 Å². The highest BCUT2D eigenvalue weighted by Crippen LogP contribution is 2.15. The molecule has 0 saturated heterocycles. The lowest BCUT2D eigenvalue weighted by Gasteiger charge is -2.22. The van der Waals surface area contributed by atoms with Gasteiger partial charge >= 0.3 is 0 Å². The van der Waals surface area contributed by atoms with E-state index in [1.54, 1.807) is 12.5 Å². The normalized spacial score (nSPS) is 13.0. The van der Waals surface area contributed by atoms with E-state index in [-0.39, 0.29) is 6.04 Å². The first-order chi connectivity index (χ1) is 9.27. The van der Waals surface area contributed by atoms with Crippen molar-refractivity contribution in [1.29, 1.82) is 0 Å². The van der Waals surface area contributed by atoms with Gasteiger partial charge in [0.1, 0.15) is 6.33 Å². The molecule has 0 radical (unpaired) electrons. The lowest BCUT2D eigenvalue weighted by Crippen LogP contribution is -2.23. The Labute approximate surface area is 114 Å². The molecule has 0 bridgehead atoms. The fourth-order valence-electron chi connectivity index (χ4n) is 1.85. The summed E-state index contributed by atoms with van der Waals surface area (Å²) in [7, 11) is 2.10. The van der Waals surface area contributed by atoms with Crippen LogP contribution in [-0.4, -0.2) is 28.5 Å². The predicted molar refractivity (Wildman–Crippen MR) is 78.6 cm³/mol. The summed E-state index contributed by atoms with van der Waals surface area (Å²) in [5.74, 6) is 0. The summed E-state index contributed by atoms with van der Waals surface area (Å²) in [4.78, 5) is 10.5. The summed E-state index contributed by atoms with van der Waals surface area (Å²) < 4.78 is 0. The first-order valence-corrected chi connectivity index (χ1v) is 6.45. The van der Waals surface area contributed by atoms with Crippen molar-refractivity contribution < 1.29 is 0 Å². The van der Waals surface area contributed by atoms with Crippen LogP contribution in [0.2, 0.25) is 0 Å². The lowest BCUT2D eigenvalue weighted by atomic mass is 10.2. The van der Waals surface area contributed by atoms with Gasteiger partial charge in [-0.15, -0.1) is 0 Å². The average Bonchev–Trinajstić information content (AvgIpc) is 2.48. The van der Waals surface area contributed by atoms with Crippen LogP contribution in [-0.2, 0) is 0 Å². The Hall–Kier alpha value is -2.00. The van der Waals surface area contributed by atoms with Crippen molar-refractivity contribution in [2.75, 3.05) is 13.6 Å². The van der Waals surface area contributed by atoms with Crippen LogP contribution in [0.5, 0.6) is 0 Å². The molecule has 3 nitrogen and oxygen atoms in total. The predicted octanol–water partition coefficient (Wildman–Crippen LogP) is 3.18. The van der Waals surface area contributed by atoms with Gasteiger partial charge in [0.25, 0.3) is 0 Å². The summed E-state index contributed by atoms with van der Waals surface area (Å²) in [6.45, 7) is 3.04. The zero-order valence-corrected chi connectivity index (χ0v) is 11.4. The molecule has 3 heteroatoms. The summed E-state index contributed by atoms with van der Waals surface area (Å²) in [6.07, 6.45) is 7.70. The molecular weight excluding hydrogens is 234 g/mol. The van der Waals surface area contributed by atoms with Crippen molar-refractivity contribution in [3.63, 3.8) is 0 Å². The van der Waals surface area contributed by atoms with E-state index in [9.17, 15) is 0 Å². The van der Waals surface area contributed by atoms with Gasteiger partial charge in [-0.2, -0.15) is 0 Å². The standard InChI is InChI=1S/C16H19N3/c1-14(16-10-11-17-13-18-16)19(2)12-6-9-15-7-4-3-5-8-15/h3-11,13-14H,12H2,1-2H3/b9-6+. The smallest absolute Gasteiger partial charge is 0.115 e. The van der Waals surface area contributed by atoms with Crippen molar-refractivity contribution >= 4 is 6.08 Å². The summed E-state index contributed by atoms with van der Waals surface area (Å²) in [5, 5.41) is 0. The van der Waals surface area contributed by atoms with Crippen molar-refractivity contribution in [2.24, 2.45) is 0 Å². The molecule has 2 rings (SSSR count). The largest absolute Gasteiger partial charge is 0.294 e. The summed E-state index contributed by atoms with van der Waals surface area (Å²) in [5.41, 5.74) is 2.27. The van der Waals surface area contributed by atoms with Crippen molar-refractivity contribution in [1.82, 2.24) is 14.9 Å². The molecule has 0 aliphatic rings. The Morgan fingerprint density at radius 3 is 2.68 bits per heavy atom. The summed E-state index contributed by atoms with van der Waals surface area (Å²) in [6, 6.07) is 12.6. The maximum absolute atomic E-state index is 4.29. The second-order valence-electron chi connectivity index (χ2n) is 4.56. The van der Waals surface area contributed by atoms with Crippen molar-refractivity contribution in [3.8, 4) is 0 Å². The average molecular weight is 253 g/mol. The third kappa shape index (κ3) is 4.00. The molecule has 1 atom stereocenters. The van der Waals surface area contributed by atoms with Gasteiger partial charge in [-0.25, -0.2) is 9.97 Å². The van der Waals surface area contributed by atoms with Crippen LogP contribution < -0.4 is 0 Å². The van der Waals surface area contributed by atoms with E-state index in [4.69, 9.17) is 0 Å².